The van der Waals surface area contributed by atoms with Crippen LogP contribution in [-0.4, -0.2) is 0 Å². The lowest BCUT2D eigenvalue weighted by molar-refractivity contribution is 0.747. The molecule has 0 radical (unpaired) electrons. The summed E-state index contributed by atoms with van der Waals surface area (Å²) in [7, 11) is 0. The molecule has 0 aliphatic carbocycles. The molecule has 0 bridgehead atoms. The van der Waals surface area contributed by atoms with Gasteiger partial charge in [0.1, 0.15) is 0 Å². The number of hydrogen-bond donors (Lipinski definition) is 0. The first-order valence-electron chi connectivity index (χ1n) is 14.4. The maximum atomic E-state index is 2.47. The van der Waals surface area contributed by atoms with Crippen molar-refractivity contribution >= 4 is 0 Å². The average Bonchev–Trinajstić information content (AvgIpc) is 2.80. The molecule has 0 aliphatic heterocycles. The second-order valence-corrected chi connectivity index (χ2v) is 10.0. The van der Waals surface area contributed by atoms with Crippen molar-refractivity contribution < 1.29 is 0 Å². The van der Waals surface area contributed by atoms with E-state index in [1.54, 1.807) is 44.5 Å². The predicted octanol–water partition coefficient (Wildman–Crippen LogP) is 9.58. The van der Waals surface area contributed by atoms with Gasteiger partial charge < -0.3 is 0 Å². The summed E-state index contributed by atoms with van der Waals surface area (Å²) in [6.45, 7) is 14.0. The molecule has 0 N–H and O–H groups in total. The summed E-state index contributed by atoms with van der Waals surface area (Å²) >= 11 is 0. The van der Waals surface area contributed by atoms with Gasteiger partial charge in [-0.1, -0.05) is 104 Å². The van der Waals surface area contributed by atoms with Gasteiger partial charge in [0.25, 0.3) is 0 Å². The van der Waals surface area contributed by atoms with Gasteiger partial charge >= 0.3 is 0 Å². The van der Waals surface area contributed by atoms with Gasteiger partial charge in [-0.3, -0.25) is 0 Å². The standard InChI is InChI=1S/C33H52/c1-7-14-26-22-24-28(16-9-3)32(30(26)18-11-5)20-13-21-33-29(17-10-4)25-23-27(15-8-2)31(33)19-12-6/h22-25H,7-21H2,1-6H3. The third kappa shape index (κ3) is 7.73. The Morgan fingerprint density at radius 2 is 0.576 bits per heavy atom. The molecule has 0 aromatic heterocycles. The van der Waals surface area contributed by atoms with Crippen LogP contribution in [-0.2, 0) is 51.4 Å². The molecule has 0 heterocycles. The highest BCUT2D eigenvalue weighted by atomic mass is 14.2. The monoisotopic (exact) mass is 448 g/mol. The first-order valence-corrected chi connectivity index (χ1v) is 14.4. The molecule has 2 rings (SSSR count). The second-order valence-electron chi connectivity index (χ2n) is 10.0. The average molecular weight is 449 g/mol. The molecule has 0 amide bonds. The van der Waals surface area contributed by atoms with Crippen molar-refractivity contribution in [3.05, 3.63) is 68.8 Å². The van der Waals surface area contributed by atoms with Crippen LogP contribution >= 0.6 is 0 Å². The quantitative estimate of drug-likeness (QED) is 0.240. The number of aryl methyl sites for hydroxylation is 4. The lowest BCUT2D eigenvalue weighted by Crippen LogP contribution is -2.08. The molecule has 2 aromatic rings. The van der Waals surface area contributed by atoms with Crippen molar-refractivity contribution in [3.8, 4) is 0 Å². The van der Waals surface area contributed by atoms with E-state index < -0.39 is 0 Å². The predicted molar refractivity (Wildman–Crippen MR) is 149 cm³/mol. The molecule has 2 aromatic carbocycles. The number of rotatable bonds is 16. The molecular weight excluding hydrogens is 396 g/mol. The van der Waals surface area contributed by atoms with E-state index in [4.69, 9.17) is 0 Å². The van der Waals surface area contributed by atoms with Gasteiger partial charge in [0.05, 0.1) is 0 Å². The van der Waals surface area contributed by atoms with E-state index in [0.29, 0.717) is 0 Å². The summed E-state index contributed by atoms with van der Waals surface area (Å²) < 4.78 is 0. The molecule has 0 spiro atoms. The van der Waals surface area contributed by atoms with Gasteiger partial charge in [-0.05, 0) is 102 Å². The van der Waals surface area contributed by atoms with Crippen molar-refractivity contribution in [3.63, 3.8) is 0 Å². The third-order valence-corrected chi connectivity index (χ3v) is 7.18. The molecule has 0 unspecified atom stereocenters. The Morgan fingerprint density at radius 3 is 0.818 bits per heavy atom. The van der Waals surface area contributed by atoms with Crippen LogP contribution in [0.2, 0.25) is 0 Å². The van der Waals surface area contributed by atoms with Crippen molar-refractivity contribution in [2.24, 2.45) is 0 Å². The minimum atomic E-state index is 1.23. The van der Waals surface area contributed by atoms with Crippen molar-refractivity contribution in [1.29, 1.82) is 0 Å². The van der Waals surface area contributed by atoms with Crippen LogP contribution in [0.5, 0.6) is 0 Å². The van der Waals surface area contributed by atoms with Gasteiger partial charge in [0.15, 0.2) is 0 Å². The Balaban J connectivity index is 2.38. The highest BCUT2D eigenvalue weighted by molar-refractivity contribution is 5.44. The van der Waals surface area contributed by atoms with Crippen molar-refractivity contribution in [1.82, 2.24) is 0 Å². The number of benzene rings is 2. The lowest BCUT2D eigenvalue weighted by Gasteiger charge is -2.21. The molecule has 0 aliphatic rings. The molecule has 0 saturated heterocycles. The van der Waals surface area contributed by atoms with Crippen LogP contribution in [0, 0.1) is 0 Å². The van der Waals surface area contributed by atoms with Crippen LogP contribution in [0.25, 0.3) is 0 Å². The fourth-order valence-corrected chi connectivity index (χ4v) is 5.78. The fourth-order valence-electron chi connectivity index (χ4n) is 5.78. The summed E-state index contributed by atoms with van der Waals surface area (Å²) in [4.78, 5) is 0. The van der Waals surface area contributed by atoms with Gasteiger partial charge in [0.2, 0.25) is 0 Å². The van der Waals surface area contributed by atoms with E-state index in [1.807, 2.05) is 0 Å². The van der Waals surface area contributed by atoms with E-state index >= 15 is 0 Å². The maximum Gasteiger partial charge on any atom is -0.0270 e. The first kappa shape index (κ1) is 27.7. The zero-order chi connectivity index (χ0) is 24.1. The zero-order valence-corrected chi connectivity index (χ0v) is 22.9. The second kappa shape index (κ2) is 15.4. The van der Waals surface area contributed by atoms with Gasteiger partial charge in [0, 0.05) is 0 Å². The summed E-state index contributed by atoms with van der Waals surface area (Å²) in [5.41, 5.74) is 13.3. The van der Waals surface area contributed by atoms with Crippen LogP contribution in [0.1, 0.15) is 131 Å². The molecule has 0 atom stereocenters. The summed E-state index contributed by atoms with van der Waals surface area (Å²) in [5, 5.41) is 0. The van der Waals surface area contributed by atoms with Gasteiger partial charge in [-0.15, -0.1) is 0 Å². The Hall–Kier alpha value is -1.56. The Kier molecular flexibility index (Phi) is 12.9. The summed E-state index contributed by atoms with van der Waals surface area (Å²) in [6, 6.07) is 9.84. The topological polar surface area (TPSA) is 0 Å². The number of hydrogen-bond acceptors (Lipinski definition) is 0. The van der Waals surface area contributed by atoms with E-state index in [1.165, 1.54) is 96.3 Å². The Morgan fingerprint density at radius 1 is 0.333 bits per heavy atom. The van der Waals surface area contributed by atoms with E-state index in [-0.39, 0.29) is 0 Å². The van der Waals surface area contributed by atoms with Gasteiger partial charge in [-0.2, -0.15) is 0 Å². The van der Waals surface area contributed by atoms with Crippen molar-refractivity contribution in [2.75, 3.05) is 0 Å². The molecule has 0 fully saturated rings. The smallest absolute Gasteiger partial charge is 0.0270 e. The van der Waals surface area contributed by atoms with Crippen LogP contribution in [0.3, 0.4) is 0 Å². The van der Waals surface area contributed by atoms with Crippen LogP contribution in [0.4, 0.5) is 0 Å². The van der Waals surface area contributed by atoms with E-state index in [2.05, 4.69) is 65.8 Å². The molecule has 0 saturated carbocycles. The fraction of sp³-hybridized carbons (Fsp3) is 0.636. The molecule has 184 valence electrons. The van der Waals surface area contributed by atoms with Crippen molar-refractivity contribution in [2.45, 2.75) is 138 Å². The normalized spacial score (nSPS) is 11.3. The van der Waals surface area contributed by atoms with E-state index in [9.17, 15) is 0 Å². The molecule has 33 heavy (non-hydrogen) atoms. The van der Waals surface area contributed by atoms with Crippen LogP contribution < -0.4 is 0 Å². The SMILES string of the molecule is CCCc1ccc(CCC)c(CCCc2c(CCC)ccc(CCC)c2CCC)c1CCC. The lowest BCUT2D eigenvalue weighted by atomic mass is 9.84. The van der Waals surface area contributed by atoms with Gasteiger partial charge in [-0.25, -0.2) is 0 Å². The molecule has 0 heteroatoms. The highest BCUT2D eigenvalue weighted by Gasteiger charge is 2.15. The highest BCUT2D eigenvalue weighted by Crippen LogP contribution is 2.29. The Bertz CT molecular complexity index is 757. The summed E-state index contributed by atoms with van der Waals surface area (Å²) in [5.74, 6) is 0. The minimum absolute atomic E-state index is 1.23. The zero-order valence-electron chi connectivity index (χ0n) is 22.9. The summed E-state index contributed by atoms with van der Waals surface area (Å²) in [6.07, 6.45) is 18.7. The minimum Gasteiger partial charge on any atom is -0.0651 e. The molecular formula is C33H52. The van der Waals surface area contributed by atoms with Crippen LogP contribution in [0.15, 0.2) is 24.3 Å². The maximum absolute atomic E-state index is 2.47. The largest absolute Gasteiger partial charge is 0.0651 e. The van der Waals surface area contributed by atoms with E-state index in [0.717, 1.165) is 0 Å². The first-order chi connectivity index (χ1) is 16.1. The third-order valence-electron chi connectivity index (χ3n) is 7.18. The Labute approximate surface area is 206 Å². The molecule has 0 nitrogen and oxygen atoms in total.